The van der Waals surface area contributed by atoms with Gasteiger partial charge < -0.3 is 11.1 Å². The molecule has 0 aliphatic carbocycles. The lowest BCUT2D eigenvalue weighted by Gasteiger charge is -2.22. The van der Waals surface area contributed by atoms with Gasteiger partial charge in [0.15, 0.2) is 0 Å². The summed E-state index contributed by atoms with van der Waals surface area (Å²) in [6, 6.07) is 6.36. The highest BCUT2D eigenvalue weighted by atomic mass is 19.1. The number of benzene rings is 1. The summed E-state index contributed by atoms with van der Waals surface area (Å²) < 4.78 is 13.3. The van der Waals surface area contributed by atoms with Crippen molar-refractivity contribution in [3.8, 4) is 0 Å². The predicted octanol–water partition coefficient (Wildman–Crippen LogP) is 1.96. The van der Waals surface area contributed by atoms with Crippen LogP contribution in [0.1, 0.15) is 32.3 Å². The Labute approximate surface area is 101 Å². The van der Waals surface area contributed by atoms with Gasteiger partial charge in [0, 0.05) is 12.1 Å². The van der Waals surface area contributed by atoms with E-state index in [1.54, 1.807) is 25.1 Å². The zero-order chi connectivity index (χ0) is 12.9. The molecule has 1 atom stereocenters. The Kier molecular flexibility index (Phi) is 4.63. The van der Waals surface area contributed by atoms with Crippen LogP contribution in [0.2, 0.25) is 0 Å². The highest BCUT2D eigenvalue weighted by Gasteiger charge is 2.26. The second kappa shape index (κ2) is 5.77. The van der Waals surface area contributed by atoms with Crippen LogP contribution in [0.4, 0.5) is 4.39 Å². The maximum Gasteiger partial charge on any atom is 0.240 e. The third kappa shape index (κ3) is 3.82. The maximum atomic E-state index is 13.3. The first-order valence-electron chi connectivity index (χ1n) is 5.78. The fourth-order valence-electron chi connectivity index (χ4n) is 1.65. The van der Waals surface area contributed by atoms with Crippen LogP contribution in [0.15, 0.2) is 24.3 Å². The van der Waals surface area contributed by atoms with Crippen molar-refractivity contribution in [2.24, 2.45) is 5.73 Å². The molecule has 4 heteroatoms. The minimum Gasteiger partial charge on any atom is -0.350 e. The van der Waals surface area contributed by atoms with E-state index in [1.165, 1.54) is 6.07 Å². The largest absolute Gasteiger partial charge is 0.350 e. The number of hydrogen-bond donors (Lipinski definition) is 2. The Hall–Kier alpha value is -1.42. The molecular formula is C13H19FN2O. The minimum atomic E-state index is -0.889. The van der Waals surface area contributed by atoms with Crippen LogP contribution >= 0.6 is 0 Å². The number of rotatable bonds is 5. The van der Waals surface area contributed by atoms with Crippen molar-refractivity contribution in [2.45, 2.75) is 38.8 Å². The van der Waals surface area contributed by atoms with Gasteiger partial charge in [0.05, 0.1) is 5.54 Å². The summed E-state index contributed by atoms with van der Waals surface area (Å²) in [6.45, 7) is 3.82. The molecule has 0 bridgehead atoms. The van der Waals surface area contributed by atoms with Crippen LogP contribution in [0.5, 0.6) is 0 Å². The maximum absolute atomic E-state index is 13.3. The van der Waals surface area contributed by atoms with Crippen molar-refractivity contribution < 1.29 is 9.18 Å². The molecule has 1 rings (SSSR count). The van der Waals surface area contributed by atoms with Crippen molar-refractivity contribution in [3.63, 3.8) is 0 Å². The normalized spacial score (nSPS) is 14.1. The number of amides is 1. The minimum absolute atomic E-state index is 0.169. The highest BCUT2D eigenvalue weighted by molar-refractivity contribution is 5.85. The standard InChI is InChI=1S/C13H19FN2O/c1-3-8-13(2,15)12(17)16-9-10-6-4-5-7-11(10)14/h4-7H,3,8-9,15H2,1-2H3,(H,16,17). The molecule has 0 spiro atoms. The molecule has 0 radical (unpaired) electrons. The molecule has 0 aliphatic rings. The van der Waals surface area contributed by atoms with E-state index in [9.17, 15) is 9.18 Å². The Bertz CT molecular complexity index is 391. The summed E-state index contributed by atoms with van der Waals surface area (Å²) in [5.74, 6) is -0.565. The lowest BCUT2D eigenvalue weighted by molar-refractivity contribution is -0.126. The molecule has 1 amide bonds. The third-order valence-corrected chi connectivity index (χ3v) is 2.69. The van der Waals surface area contributed by atoms with Gasteiger partial charge in [-0.2, -0.15) is 0 Å². The van der Waals surface area contributed by atoms with E-state index in [0.717, 1.165) is 6.42 Å². The molecule has 1 unspecified atom stereocenters. The average molecular weight is 238 g/mol. The first-order valence-corrected chi connectivity index (χ1v) is 5.78. The highest BCUT2D eigenvalue weighted by Crippen LogP contribution is 2.10. The number of halogens is 1. The number of carbonyl (C=O) groups excluding carboxylic acids is 1. The van der Waals surface area contributed by atoms with E-state index in [4.69, 9.17) is 5.73 Å². The molecule has 0 saturated heterocycles. The topological polar surface area (TPSA) is 55.1 Å². The molecule has 0 aromatic heterocycles. The predicted molar refractivity (Wildman–Crippen MR) is 65.7 cm³/mol. The van der Waals surface area contributed by atoms with E-state index >= 15 is 0 Å². The van der Waals surface area contributed by atoms with Crippen molar-refractivity contribution in [2.75, 3.05) is 0 Å². The molecule has 1 aromatic rings. The fraction of sp³-hybridized carbons (Fsp3) is 0.462. The van der Waals surface area contributed by atoms with Gasteiger partial charge in [-0.25, -0.2) is 4.39 Å². The van der Waals surface area contributed by atoms with Gasteiger partial charge in [0.25, 0.3) is 0 Å². The number of hydrogen-bond acceptors (Lipinski definition) is 2. The van der Waals surface area contributed by atoms with Crippen molar-refractivity contribution in [1.29, 1.82) is 0 Å². The van der Waals surface area contributed by atoms with Crippen molar-refractivity contribution in [1.82, 2.24) is 5.32 Å². The lowest BCUT2D eigenvalue weighted by atomic mass is 9.96. The van der Waals surface area contributed by atoms with Crippen LogP contribution < -0.4 is 11.1 Å². The molecule has 1 aromatic carbocycles. The van der Waals surface area contributed by atoms with E-state index in [2.05, 4.69) is 5.32 Å². The molecule has 3 N–H and O–H groups in total. The number of carbonyl (C=O) groups is 1. The average Bonchev–Trinajstić information content (AvgIpc) is 2.27. The molecule has 17 heavy (non-hydrogen) atoms. The number of nitrogens with one attached hydrogen (secondary N) is 1. The van der Waals surface area contributed by atoms with Crippen LogP contribution in [-0.4, -0.2) is 11.4 Å². The summed E-state index contributed by atoms with van der Waals surface area (Å²) in [6.07, 6.45) is 1.44. The summed E-state index contributed by atoms with van der Waals surface area (Å²) in [5, 5.41) is 2.66. The first-order chi connectivity index (χ1) is 7.97. The Balaban J connectivity index is 2.57. The summed E-state index contributed by atoms with van der Waals surface area (Å²) in [5.41, 5.74) is 5.44. The molecule has 0 aliphatic heterocycles. The Morgan fingerprint density at radius 1 is 1.47 bits per heavy atom. The Morgan fingerprint density at radius 2 is 2.12 bits per heavy atom. The first kappa shape index (κ1) is 13.6. The van der Waals surface area contributed by atoms with Gasteiger partial charge in [-0.1, -0.05) is 31.5 Å². The second-order valence-corrected chi connectivity index (χ2v) is 4.44. The molecule has 94 valence electrons. The SMILES string of the molecule is CCCC(C)(N)C(=O)NCc1ccccc1F. The zero-order valence-corrected chi connectivity index (χ0v) is 10.3. The van der Waals surface area contributed by atoms with Crippen LogP contribution in [0.25, 0.3) is 0 Å². The zero-order valence-electron chi connectivity index (χ0n) is 10.3. The molecule has 0 saturated carbocycles. The van der Waals surface area contributed by atoms with E-state index < -0.39 is 5.54 Å². The van der Waals surface area contributed by atoms with Crippen LogP contribution in [0, 0.1) is 5.82 Å². The van der Waals surface area contributed by atoms with Gasteiger partial charge in [-0.3, -0.25) is 4.79 Å². The summed E-state index contributed by atoms with van der Waals surface area (Å²) >= 11 is 0. The molecule has 3 nitrogen and oxygen atoms in total. The van der Waals surface area contributed by atoms with Gasteiger partial charge >= 0.3 is 0 Å². The van der Waals surface area contributed by atoms with Crippen LogP contribution in [0.3, 0.4) is 0 Å². The summed E-state index contributed by atoms with van der Waals surface area (Å²) in [7, 11) is 0. The van der Waals surface area contributed by atoms with Gasteiger partial charge in [0.2, 0.25) is 5.91 Å². The van der Waals surface area contributed by atoms with Gasteiger partial charge in [-0.15, -0.1) is 0 Å². The van der Waals surface area contributed by atoms with Crippen molar-refractivity contribution in [3.05, 3.63) is 35.6 Å². The van der Waals surface area contributed by atoms with Crippen LogP contribution in [-0.2, 0) is 11.3 Å². The summed E-state index contributed by atoms with van der Waals surface area (Å²) in [4.78, 5) is 11.8. The lowest BCUT2D eigenvalue weighted by Crippen LogP contribution is -2.51. The monoisotopic (exact) mass is 238 g/mol. The van der Waals surface area contributed by atoms with Gasteiger partial charge in [0.1, 0.15) is 5.82 Å². The third-order valence-electron chi connectivity index (χ3n) is 2.69. The smallest absolute Gasteiger partial charge is 0.240 e. The van der Waals surface area contributed by atoms with Gasteiger partial charge in [-0.05, 0) is 19.4 Å². The number of nitrogens with two attached hydrogens (primary N) is 1. The molecule has 0 heterocycles. The quantitative estimate of drug-likeness (QED) is 0.824. The second-order valence-electron chi connectivity index (χ2n) is 4.44. The van der Waals surface area contributed by atoms with Crippen molar-refractivity contribution >= 4 is 5.91 Å². The van der Waals surface area contributed by atoms with E-state index in [0.29, 0.717) is 12.0 Å². The Morgan fingerprint density at radius 3 is 2.71 bits per heavy atom. The van der Waals surface area contributed by atoms with E-state index in [-0.39, 0.29) is 18.3 Å². The molecule has 0 fully saturated rings. The fourth-order valence-corrected chi connectivity index (χ4v) is 1.65. The molecular weight excluding hydrogens is 219 g/mol. The van der Waals surface area contributed by atoms with E-state index in [1.807, 2.05) is 6.92 Å².